The van der Waals surface area contributed by atoms with E-state index in [4.69, 9.17) is 0 Å². The third-order valence-electron chi connectivity index (χ3n) is 6.67. The summed E-state index contributed by atoms with van der Waals surface area (Å²) >= 11 is 1.70. The molecule has 1 aliphatic carbocycles. The summed E-state index contributed by atoms with van der Waals surface area (Å²) in [6, 6.07) is 16.3. The molecule has 2 N–H and O–H groups in total. The summed E-state index contributed by atoms with van der Waals surface area (Å²) in [5, 5.41) is 3.40. The topological polar surface area (TPSA) is 81.3 Å². The second-order valence-corrected chi connectivity index (χ2v) is 9.84. The van der Waals surface area contributed by atoms with E-state index in [9.17, 15) is 9.59 Å². The van der Waals surface area contributed by atoms with Crippen LogP contribution in [0.25, 0.3) is 0 Å². The van der Waals surface area contributed by atoms with Gasteiger partial charge in [0.2, 0.25) is 5.95 Å². The van der Waals surface area contributed by atoms with Crippen LogP contribution in [0, 0.1) is 0 Å². The van der Waals surface area contributed by atoms with E-state index in [1.807, 2.05) is 46.2 Å². The van der Waals surface area contributed by atoms with Crippen molar-refractivity contribution in [2.24, 2.45) is 0 Å². The minimum atomic E-state index is -0.0205. The number of anilines is 3. The molecule has 33 heavy (non-hydrogen) atoms. The van der Waals surface area contributed by atoms with Gasteiger partial charge in [0.05, 0.1) is 17.1 Å². The number of nitrogens with one attached hydrogen (secondary N) is 2. The number of aromatic nitrogens is 2. The van der Waals surface area contributed by atoms with Crippen LogP contribution >= 0.6 is 11.8 Å². The summed E-state index contributed by atoms with van der Waals surface area (Å²) in [6.07, 6.45) is 4.30. The number of para-hydroxylation sites is 2. The fourth-order valence-corrected chi connectivity index (χ4v) is 6.03. The molecular formula is C25H25N5O2S. The van der Waals surface area contributed by atoms with Crippen LogP contribution < -0.4 is 15.8 Å². The van der Waals surface area contributed by atoms with Crippen molar-refractivity contribution in [1.82, 2.24) is 14.9 Å². The summed E-state index contributed by atoms with van der Waals surface area (Å²) < 4.78 is 0. The number of hydrogen-bond donors (Lipinski definition) is 2. The molecule has 3 aromatic rings. The van der Waals surface area contributed by atoms with Gasteiger partial charge in [-0.3, -0.25) is 14.7 Å². The highest BCUT2D eigenvalue weighted by atomic mass is 32.2. The first-order valence-corrected chi connectivity index (χ1v) is 12.3. The highest BCUT2D eigenvalue weighted by Crippen LogP contribution is 2.48. The molecule has 1 saturated heterocycles. The average molecular weight is 460 g/mol. The van der Waals surface area contributed by atoms with Crippen LogP contribution in [-0.4, -0.2) is 40.0 Å². The molecule has 0 atom stereocenters. The van der Waals surface area contributed by atoms with E-state index >= 15 is 0 Å². The van der Waals surface area contributed by atoms with Gasteiger partial charge in [-0.05, 0) is 56.4 Å². The Hall–Kier alpha value is -3.26. The average Bonchev–Trinajstić information content (AvgIpc) is 3.32. The Morgan fingerprint density at radius 2 is 1.67 bits per heavy atom. The van der Waals surface area contributed by atoms with Crippen LogP contribution in [0.2, 0.25) is 0 Å². The van der Waals surface area contributed by atoms with Crippen molar-refractivity contribution < 1.29 is 4.79 Å². The first-order chi connectivity index (χ1) is 16.2. The standard InChI is InChI=1S/C25H25N5O2S/c31-23-17-6-5-7-18(17)27-24(28-23)26-16-12-14-29(15-13-16)25(32)30-19-8-1-3-10-21(19)33-22-11-4-2-9-20(22)30/h1-4,8-11,16H,5-7,12-15H2,(H2,26,27,28,31). The maximum atomic E-state index is 13.7. The molecule has 2 aliphatic heterocycles. The molecule has 0 bridgehead atoms. The fourth-order valence-electron chi connectivity index (χ4n) is 4.97. The number of hydrogen-bond acceptors (Lipinski definition) is 5. The zero-order valence-corrected chi connectivity index (χ0v) is 19.0. The number of benzene rings is 2. The zero-order chi connectivity index (χ0) is 22.4. The minimum Gasteiger partial charge on any atom is -0.353 e. The lowest BCUT2D eigenvalue weighted by Gasteiger charge is -2.38. The van der Waals surface area contributed by atoms with Gasteiger partial charge in [-0.2, -0.15) is 0 Å². The number of nitrogens with zero attached hydrogens (tertiary/aromatic N) is 3. The van der Waals surface area contributed by atoms with Crippen molar-refractivity contribution in [1.29, 1.82) is 0 Å². The maximum absolute atomic E-state index is 13.7. The number of fused-ring (bicyclic) bond motifs is 3. The SMILES string of the molecule is O=C(N1CCC(Nc2nc3c(c(=O)[nH]2)CCC3)CC1)N1c2ccccc2Sc2ccccc21. The molecule has 3 aliphatic rings. The molecule has 1 fully saturated rings. The Kier molecular flexibility index (Phi) is 5.10. The van der Waals surface area contributed by atoms with Crippen molar-refractivity contribution in [3.63, 3.8) is 0 Å². The predicted octanol–water partition coefficient (Wildman–Crippen LogP) is 4.56. The number of likely N-dealkylation sites (tertiary alicyclic amines) is 1. The molecule has 0 saturated carbocycles. The first-order valence-electron chi connectivity index (χ1n) is 11.5. The Bertz CT molecular complexity index is 1240. The molecule has 0 spiro atoms. The van der Waals surface area contributed by atoms with Crippen LogP contribution in [0.1, 0.15) is 30.5 Å². The smallest absolute Gasteiger partial charge is 0.329 e. The summed E-state index contributed by atoms with van der Waals surface area (Å²) in [5.41, 5.74) is 3.61. The third-order valence-corrected chi connectivity index (χ3v) is 7.80. The monoisotopic (exact) mass is 459 g/mol. The fraction of sp³-hybridized carbons (Fsp3) is 0.320. The van der Waals surface area contributed by atoms with Gasteiger partial charge in [-0.1, -0.05) is 36.0 Å². The third kappa shape index (κ3) is 3.68. The summed E-state index contributed by atoms with van der Waals surface area (Å²) in [5.74, 6) is 0.557. The van der Waals surface area contributed by atoms with Crippen LogP contribution in [-0.2, 0) is 12.8 Å². The molecule has 3 heterocycles. The number of carbonyl (C=O) groups is 1. The molecule has 0 radical (unpaired) electrons. The normalized spacial score (nSPS) is 17.3. The van der Waals surface area contributed by atoms with Gasteiger partial charge < -0.3 is 10.2 Å². The number of urea groups is 1. The number of amides is 2. The maximum Gasteiger partial charge on any atom is 0.329 e. The number of aromatic amines is 1. The van der Waals surface area contributed by atoms with Crippen molar-refractivity contribution >= 4 is 35.1 Å². The quantitative estimate of drug-likeness (QED) is 0.587. The Labute approximate surface area is 196 Å². The number of aryl methyl sites for hydroxylation is 1. The van der Waals surface area contributed by atoms with Crippen molar-refractivity contribution in [2.75, 3.05) is 23.3 Å². The van der Waals surface area contributed by atoms with Gasteiger partial charge in [-0.25, -0.2) is 9.78 Å². The number of carbonyl (C=O) groups excluding carboxylic acids is 1. The molecule has 2 amide bonds. The van der Waals surface area contributed by atoms with Gasteiger partial charge in [0.25, 0.3) is 5.56 Å². The summed E-state index contributed by atoms with van der Waals surface area (Å²) in [4.78, 5) is 39.5. The Morgan fingerprint density at radius 3 is 2.36 bits per heavy atom. The number of piperidine rings is 1. The number of rotatable bonds is 2. The van der Waals surface area contributed by atoms with Crippen LogP contribution in [0.3, 0.4) is 0 Å². The van der Waals surface area contributed by atoms with Crippen molar-refractivity contribution in [3.8, 4) is 0 Å². The second kappa shape index (κ2) is 8.26. The molecule has 8 heteroatoms. The van der Waals surface area contributed by atoms with E-state index in [2.05, 4.69) is 27.4 Å². The van der Waals surface area contributed by atoms with Gasteiger partial charge in [0.15, 0.2) is 0 Å². The van der Waals surface area contributed by atoms with Gasteiger partial charge in [-0.15, -0.1) is 0 Å². The van der Waals surface area contributed by atoms with E-state index < -0.39 is 0 Å². The molecule has 7 nitrogen and oxygen atoms in total. The largest absolute Gasteiger partial charge is 0.353 e. The number of H-pyrrole nitrogens is 1. The zero-order valence-electron chi connectivity index (χ0n) is 18.2. The molecule has 168 valence electrons. The molecule has 6 rings (SSSR count). The molecule has 1 aromatic heterocycles. The lowest BCUT2D eigenvalue weighted by atomic mass is 10.1. The van der Waals surface area contributed by atoms with Crippen LogP contribution in [0.4, 0.5) is 22.1 Å². The lowest BCUT2D eigenvalue weighted by Crippen LogP contribution is -2.48. The van der Waals surface area contributed by atoms with Gasteiger partial charge in [0, 0.05) is 34.5 Å². The lowest BCUT2D eigenvalue weighted by molar-refractivity contribution is 0.192. The van der Waals surface area contributed by atoms with Gasteiger partial charge >= 0.3 is 6.03 Å². The van der Waals surface area contributed by atoms with Crippen molar-refractivity contribution in [2.45, 2.75) is 47.9 Å². The molecule has 0 unspecified atom stereocenters. The Morgan fingerprint density at radius 1 is 1.00 bits per heavy atom. The van der Waals surface area contributed by atoms with Gasteiger partial charge in [0.1, 0.15) is 0 Å². The summed E-state index contributed by atoms with van der Waals surface area (Å²) in [6.45, 7) is 1.30. The van der Waals surface area contributed by atoms with E-state index in [1.165, 1.54) is 0 Å². The van der Waals surface area contributed by atoms with Crippen LogP contribution in [0.15, 0.2) is 63.1 Å². The molecular weight excluding hydrogens is 434 g/mol. The van der Waals surface area contributed by atoms with E-state index in [1.54, 1.807) is 11.8 Å². The minimum absolute atomic E-state index is 0.0118. The van der Waals surface area contributed by atoms with Crippen molar-refractivity contribution in [3.05, 3.63) is 70.1 Å². The van der Waals surface area contributed by atoms with E-state index in [-0.39, 0.29) is 17.6 Å². The van der Waals surface area contributed by atoms with Crippen LogP contribution in [0.5, 0.6) is 0 Å². The summed E-state index contributed by atoms with van der Waals surface area (Å²) in [7, 11) is 0. The Balaban J connectivity index is 1.18. The van der Waals surface area contributed by atoms with E-state index in [0.717, 1.165) is 64.5 Å². The second-order valence-electron chi connectivity index (χ2n) is 8.75. The van der Waals surface area contributed by atoms with E-state index in [0.29, 0.717) is 19.0 Å². The highest BCUT2D eigenvalue weighted by Gasteiger charge is 2.33. The highest BCUT2D eigenvalue weighted by molar-refractivity contribution is 7.99. The predicted molar refractivity (Wildman–Crippen MR) is 130 cm³/mol. The first kappa shape index (κ1) is 20.4. The molecule has 2 aromatic carbocycles.